The number of hydrogen-bond donors (Lipinski definition) is 0. The van der Waals surface area contributed by atoms with Gasteiger partial charge in [-0.25, -0.2) is 0 Å². The lowest BCUT2D eigenvalue weighted by molar-refractivity contribution is 0.426. The summed E-state index contributed by atoms with van der Waals surface area (Å²) in [5, 5.41) is 7.43. The molecule has 5 heteroatoms. The first-order valence-corrected chi connectivity index (χ1v) is 4.84. The van der Waals surface area contributed by atoms with E-state index in [0.717, 1.165) is 16.8 Å². The van der Waals surface area contributed by atoms with Crippen LogP contribution >= 0.6 is 0 Å². The second kappa shape index (κ2) is 4.51. The largest absolute Gasteiger partial charge is 0.356 e. The summed E-state index contributed by atoms with van der Waals surface area (Å²) >= 11 is 0. The molecule has 0 N–H and O–H groups in total. The van der Waals surface area contributed by atoms with Crippen molar-refractivity contribution < 1.29 is 4.52 Å². The van der Waals surface area contributed by atoms with Crippen molar-refractivity contribution in [1.29, 1.82) is 0 Å². The minimum absolute atomic E-state index is 0.260. The number of azide groups is 1. The molecule has 0 amide bonds. The maximum atomic E-state index is 8.32. The third-order valence-electron chi connectivity index (χ3n) is 2.31. The van der Waals surface area contributed by atoms with E-state index in [-0.39, 0.29) is 6.54 Å². The molecule has 2 rings (SSSR count). The summed E-state index contributed by atoms with van der Waals surface area (Å²) < 4.78 is 5.25. The van der Waals surface area contributed by atoms with Crippen LogP contribution in [0.2, 0.25) is 0 Å². The zero-order valence-electron chi connectivity index (χ0n) is 8.79. The lowest BCUT2D eigenvalue weighted by Crippen LogP contribution is -1.85. The van der Waals surface area contributed by atoms with Crippen LogP contribution in [0.1, 0.15) is 11.3 Å². The first-order valence-electron chi connectivity index (χ1n) is 4.84. The molecule has 0 saturated carbocycles. The maximum absolute atomic E-state index is 8.32. The van der Waals surface area contributed by atoms with Gasteiger partial charge in [-0.3, -0.25) is 0 Å². The number of benzene rings is 1. The summed E-state index contributed by atoms with van der Waals surface area (Å²) in [5.74, 6) is 0.672. The standard InChI is InChI=1S/C11H10N4O/c1-8-10(7-13-15-12)11(16-14-8)9-5-3-2-4-6-9/h2-6H,7H2,1H3. The maximum Gasteiger partial charge on any atom is 0.170 e. The Balaban J connectivity index is 2.45. The molecule has 1 heterocycles. The van der Waals surface area contributed by atoms with Gasteiger partial charge in [0.05, 0.1) is 12.2 Å². The second-order valence-electron chi connectivity index (χ2n) is 3.33. The van der Waals surface area contributed by atoms with Gasteiger partial charge >= 0.3 is 0 Å². The fourth-order valence-electron chi connectivity index (χ4n) is 1.49. The third-order valence-corrected chi connectivity index (χ3v) is 2.31. The van der Waals surface area contributed by atoms with Crippen molar-refractivity contribution in [2.24, 2.45) is 5.11 Å². The van der Waals surface area contributed by atoms with Crippen LogP contribution in [0, 0.1) is 6.92 Å². The van der Waals surface area contributed by atoms with Crippen LogP contribution < -0.4 is 0 Å². The van der Waals surface area contributed by atoms with Crippen LogP contribution in [0.15, 0.2) is 40.0 Å². The van der Waals surface area contributed by atoms with E-state index in [9.17, 15) is 0 Å². The topological polar surface area (TPSA) is 74.8 Å². The van der Waals surface area contributed by atoms with E-state index in [1.807, 2.05) is 37.3 Å². The van der Waals surface area contributed by atoms with Crippen LogP contribution in [0.3, 0.4) is 0 Å². The van der Waals surface area contributed by atoms with Crippen molar-refractivity contribution in [3.05, 3.63) is 52.0 Å². The summed E-state index contributed by atoms with van der Waals surface area (Å²) in [6, 6.07) is 9.63. The Bertz CT molecular complexity index is 526. The molecular formula is C11H10N4O. The van der Waals surface area contributed by atoms with Crippen molar-refractivity contribution >= 4 is 0 Å². The molecule has 0 saturated heterocycles. The van der Waals surface area contributed by atoms with Crippen molar-refractivity contribution in [2.75, 3.05) is 0 Å². The van der Waals surface area contributed by atoms with Gasteiger partial charge in [0.2, 0.25) is 0 Å². The summed E-state index contributed by atoms with van der Waals surface area (Å²) in [6.45, 7) is 2.09. The highest BCUT2D eigenvalue weighted by Gasteiger charge is 2.13. The highest BCUT2D eigenvalue weighted by molar-refractivity contribution is 5.61. The van der Waals surface area contributed by atoms with Gasteiger partial charge in [-0.15, -0.1) is 0 Å². The summed E-state index contributed by atoms with van der Waals surface area (Å²) in [7, 11) is 0. The molecule has 0 unspecified atom stereocenters. The molecule has 16 heavy (non-hydrogen) atoms. The van der Waals surface area contributed by atoms with Crippen LogP contribution in [-0.2, 0) is 6.54 Å². The van der Waals surface area contributed by atoms with E-state index in [1.165, 1.54) is 0 Å². The molecule has 0 bridgehead atoms. The number of nitrogens with zero attached hydrogens (tertiary/aromatic N) is 4. The summed E-state index contributed by atoms with van der Waals surface area (Å²) in [5.41, 5.74) is 10.9. The zero-order chi connectivity index (χ0) is 11.4. The van der Waals surface area contributed by atoms with E-state index in [2.05, 4.69) is 15.2 Å². The van der Waals surface area contributed by atoms with Gasteiger partial charge in [-0.05, 0) is 12.5 Å². The average Bonchev–Trinajstić information content (AvgIpc) is 2.69. The molecule has 0 atom stereocenters. The quantitative estimate of drug-likeness (QED) is 0.445. The Kier molecular flexibility index (Phi) is 2.89. The van der Waals surface area contributed by atoms with Crippen molar-refractivity contribution in [1.82, 2.24) is 5.16 Å². The van der Waals surface area contributed by atoms with E-state index in [0.29, 0.717) is 5.76 Å². The van der Waals surface area contributed by atoms with Crippen LogP contribution in [0.25, 0.3) is 21.8 Å². The van der Waals surface area contributed by atoms with Gasteiger partial charge < -0.3 is 4.52 Å². The molecule has 1 aromatic heterocycles. The SMILES string of the molecule is Cc1noc(-c2ccccc2)c1CN=[N+]=[N-]. The number of aryl methyl sites for hydroxylation is 1. The van der Waals surface area contributed by atoms with E-state index in [4.69, 9.17) is 10.1 Å². The monoisotopic (exact) mass is 214 g/mol. The molecule has 2 aromatic rings. The molecule has 0 spiro atoms. The number of rotatable bonds is 3. The Morgan fingerprint density at radius 1 is 1.38 bits per heavy atom. The minimum atomic E-state index is 0.260. The van der Waals surface area contributed by atoms with E-state index in [1.54, 1.807) is 0 Å². The third kappa shape index (κ3) is 1.89. The minimum Gasteiger partial charge on any atom is -0.356 e. The summed E-state index contributed by atoms with van der Waals surface area (Å²) in [6.07, 6.45) is 0. The smallest absolute Gasteiger partial charge is 0.170 e. The highest BCUT2D eigenvalue weighted by Crippen LogP contribution is 2.26. The molecule has 1 aromatic carbocycles. The van der Waals surface area contributed by atoms with Gasteiger partial charge in [-0.2, -0.15) is 0 Å². The normalized spacial score (nSPS) is 9.81. The fraction of sp³-hybridized carbons (Fsp3) is 0.182. The Hall–Kier alpha value is -2.26. The number of hydrogen-bond acceptors (Lipinski definition) is 3. The molecule has 0 aliphatic rings. The first-order chi connectivity index (χ1) is 7.83. The average molecular weight is 214 g/mol. The Morgan fingerprint density at radius 2 is 2.12 bits per heavy atom. The molecule has 0 aliphatic carbocycles. The van der Waals surface area contributed by atoms with Gasteiger partial charge in [0.15, 0.2) is 5.76 Å². The van der Waals surface area contributed by atoms with Crippen LogP contribution in [0.4, 0.5) is 0 Å². The second-order valence-corrected chi connectivity index (χ2v) is 3.33. The van der Waals surface area contributed by atoms with Gasteiger partial charge in [0.25, 0.3) is 0 Å². The van der Waals surface area contributed by atoms with Crippen molar-refractivity contribution in [2.45, 2.75) is 13.5 Å². The van der Waals surface area contributed by atoms with Gasteiger partial charge in [0.1, 0.15) is 0 Å². The molecule has 0 radical (unpaired) electrons. The van der Waals surface area contributed by atoms with Gasteiger partial charge in [-0.1, -0.05) is 40.6 Å². The predicted octanol–water partition coefficient (Wildman–Crippen LogP) is 3.46. The highest BCUT2D eigenvalue weighted by atomic mass is 16.5. The Morgan fingerprint density at radius 3 is 2.81 bits per heavy atom. The first kappa shape index (κ1) is 10.3. The zero-order valence-corrected chi connectivity index (χ0v) is 8.79. The van der Waals surface area contributed by atoms with Gasteiger partial charge in [0, 0.05) is 16.0 Å². The number of aromatic nitrogens is 1. The molecule has 5 nitrogen and oxygen atoms in total. The lowest BCUT2D eigenvalue weighted by Gasteiger charge is -1.98. The van der Waals surface area contributed by atoms with Crippen LogP contribution in [-0.4, -0.2) is 5.16 Å². The molecule has 80 valence electrons. The van der Waals surface area contributed by atoms with E-state index < -0.39 is 0 Å². The molecule has 0 aliphatic heterocycles. The van der Waals surface area contributed by atoms with E-state index >= 15 is 0 Å². The summed E-state index contributed by atoms with van der Waals surface area (Å²) in [4.78, 5) is 2.74. The lowest BCUT2D eigenvalue weighted by atomic mass is 10.1. The van der Waals surface area contributed by atoms with Crippen molar-refractivity contribution in [3.8, 4) is 11.3 Å². The molecule has 0 fully saturated rings. The molecular weight excluding hydrogens is 204 g/mol. The Labute approximate surface area is 92.3 Å². The predicted molar refractivity (Wildman–Crippen MR) is 59.5 cm³/mol. The van der Waals surface area contributed by atoms with Crippen LogP contribution in [0.5, 0.6) is 0 Å². The fourth-order valence-corrected chi connectivity index (χ4v) is 1.49. The van der Waals surface area contributed by atoms with Crippen molar-refractivity contribution in [3.63, 3.8) is 0 Å².